The molecule has 0 aliphatic rings. The average molecular weight is 356 g/mol. The van der Waals surface area contributed by atoms with Crippen LogP contribution in [-0.2, 0) is 6.54 Å². The number of carbonyl (C=O) groups excluding carboxylic acids is 2. The van der Waals surface area contributed by atoms with Gasteiger partial charge in [0.05, 0.1) is 4.92 Å². The molecule has 0 fully saturated rings. The fraction of sp³-hybridized carbons (Fsp3) is 0.222. The molecular weight excluding hydrogens is 336 g/mol. The Balaban J connectivity index is 2.06. The van der Waals surface area contributed by atoms with E-state index in [-0.39, 0.29) is 23.7 Å². The Morgan fingerprint density at radius 2 is 1.69 bits per heavy atom. The molecule has 2 N–H and O–H groups in total. The normalized spacial score (nSPS) is 10.1. The number of amides is 2. The molecule has 2 aromatic rings. The first-order valence-corrected chi connectivity index (χ1v) is 7.88. The summed E-state index contributed by atoms with van der Waals surface area (Å²) >= 11 is 0. The highest BCUT2D eigenvalue weighted by molar-refractivity contribution is 5.96. The second kappa shape index (κ2) is 8.11. The van der Waals surface area contributed by atoms with Crippen molar-refractivity contribution >= 4 is 23.2 Å². The fourth-order valence-corrected chi connectivity index (χ4v) is 2.34. The van der Waals surface area contributed by atoms with Crippen LogP contribution >= 0.6 is 0 Å². The summed E-state index contributed by atoms with van der Waals surface area (Å²) in [5.41, 5.74) is 1.76. The number of carbonyl (C=O) groups is 2. The van der Waals surface area contributed by atoms with Gasteiger partial charge in [-0.1, -0.05) is 12.1 Å². The molecule has 0 saturated carbocycles. The molecule has 136 valence electrons. The molecule has 0 aromatic heterocycles. The summed E-state index contributed by atoms with van der Waals surface area (Å²) in [7, 11) is 4.93. The van der Waals surface area contributed by atoms with Crippen LogP contribution in [0.4, 0.5) is 11.4 Å². The third-order valence-electron chi connectivity index (χ3n) is 3.79. The van der Waals surface area contributed by atoms with E-state index in [4.69, 9.17) is 0 Å². The summed E-state index contributed by atoms with van der Waals surface area (Å²) in [6.45, 7) is 0.247. The van der Waals surface area contributed by atoms with Gasteiger partial charge in [0, 0.05) is 44.9 Å². The summed E-state index contributed by atoms with van der Waals surface area (Å²) in [4.78, 5) is 36.1. The molecule has 2 rings (SSSR count). The Morgan fingerprint density at radius 1 is 1.08 bits per heavy atom. The summed E-state index contributed by atoms with van der Waals surface area (Å²) in [6, 6.07) is 11.1. The zero-order chi connectivity index (χ0) is 19.3. The van der Waals surface area contributed by atoms with Crippen molar-refractivity contribution in [3.63, 3.8) is 0 Å². The van der Waals surface area contributed by atoms with Gasteiger partial charge >= 0.3 is 0 Å². The van der Waals surface area contributed by atoms with Crippen molar-refractivity contribution in [2.24, 2.45) is 0 Å². The number of hydrogen-bond acceptors (Lipinski definition) is 5. The third-order valence-corrected chi connectivity index (χ3v) is 3.79. The lowest BCUT2D eigenvalue weighted by molar-refractivity contribution is -0.384. The molecule has 0 aliphatic heterocycles. The Kier molecular flexibility index (Phi) is 5.90. The van der Waals surface area contributed by atoms with Crippen LogP contribution in [0.1, 0.15) is 26.3 Å². The van der Waals surface area contributed by atoms with Crippen molar-refractivity contribution < 1.29 is 14.5 Å². The van der Waals surface area contributed by atoms with Gasteiger partial charge in [0.15, 0.2) is 0 Å². The molecule has 0 aliphatic carbocycles. The summed E-state index contributed by atoms with van der Waals surface area (Å²) in [5.74, 6) is -0.512. The van der Waals surface area contributed by atoms with E-state index in [1.54, 1.807) is 45.4 Å². The zero-order valence-corrected chi connectivity index (χ0v) is 14.8. The van der Waals surface area contributed by atoms with Gasteiger partial charge in [-0.25, -0.2) is 0 Å². The molecule has 0 heterocycles. The van der Waals surface area contributed by atoms with Crippen molar-refractivity contribution in [3.05, 3.63) is 69.3 Å². The van der Waals surface area contributed by atoms with Crippen molar-refractivity contribution in [1.82, 2.24) is 10.2 Å². The van der Waals surface area contributed by atoms with Gasteiger partial charge in [-0.2, -0.15) is 0 Å². The molecule has 0 bridgehead atoms. The Labute approximate surface area is 151 Å². The lowest BCUT2D eigenvalue weighted by atomic mass is 10.1. The third kappa shape index (κ3) is 4.35. The molecule has 0 spiro atoms. The van der Waals surface area contributed by atoms with Crippen LogP contribution in [-0.4, -0.2) is 42.8 Å². The van der Waals surface area contributed by atoms with E-state index in [2.05, 4.69) is 10.6 Å². The van der Waals surface area contributed by atoms with E-state index < -0.39 is 10.8 Å². The van der Waals surface area contributed by atoms with E-state index in [1.165, 1.54) is 23.1 Å². The molecular formula is C18H20N4O4. The van der Waals surface area contributed by atoms with Crippen molar-refractivity contribution in [2.45, 2.75) is 6.54 Å². The van der Waals surface area contributed by atoms with E-state index in [0.29, 0.717) is 11.3 Å². The number of benzene rings is 2. The van der Waals surface area contributed by atoms with Gasteiger partial charge in [0.1, 0.15) is 5.69 Å². The molecule has 0 saturated heterocycles. The predicted octanol–water partition coefficient (Wildman–Crippen LogP) is 2.27. The SMILES string of the molecule is CNc1ccc(C(=O)NCc2ccc(C(=O)N(C)C)cc2)cc1[N+](=O)[O-]. The summed E-state index contributed by atoms with van der Waals surface area (Å²) in [5, 5.41) is 16.5. The van der Waals surface area contributed by atoms with Crippen molar-refractivity contribution in [1.29, 1.82) is 0 Å². The van der Waals surface area contributed by atoms with Gasteiger partial charge < -0.3 is 15.5 Å². The van der Waals surface area contributed by atoms with Gasteiger partial charge in [-0.3, -0.25) is 19.7 Å². The van der Waals surface area contributed by atoms with Gasteiger partial charge in [-0.15, -0.1) is 0 Å². The average Bonchev–Trinajstić information content (AvgIpc) is 2.65. The number of hydrogen-bond donors (Lipinski definition) is 2. The van der Waals surface area contributed by atoms with E-state index in [9.17, 15) is 19.7 Å². The molecule has 2 amide bonds. The van der Waals surface area contributed by atoms with Gasteiger partial charge in [0.25, 0.3) is 17.5 Å². The van der Waals surface area contributed by atoms with Crippen LogP contribution in [0.2, 0.25) is 0 Å². The van der Waals surface area contributed by atoms with E-state index >= 15 is 0 Å². The van der Waals surface area contributed by atoms with Crippen LogP contribution in [0.3, 0.4) is 0 Å². The maximum Gasteiger partial charge on any atom is 0.293 e. The minimum absolute atomic E-state index is 0.0995. The number of nitro benzene ring substituents is 1. The van der Waals surface area contributed by atoms with Crippen LogP contribution in [0.15, 0.2) is 42.5 Å². The van der Waals surface area contributed by atoms with E-state index in [1.807, 2.05) is 0 Å². The number of anilines is 1. The first-order valence-electron chi connectivity index (χ1n) is 7.88. The molecule has 0 radical (unpaired) electrons. The van der Waals surface area contributed by atoms with Crippen LogP contribution in [0.5, 0.6) is 0 Å². The first-order chi connectivity index (χ1) is 12.3. The topological polar surface area (TPSA) is 105 Å². The molecule has 2 aromatic carbocycles. The molecule has 0 unspecified atom stereocenters. The van der Waals surface area contributed by atoms with Crippen molar-refractivity contribution in [3.8, 4) is 0 Å². The van der Waals surface area contributed by atoms with E-state index in [0.717, 1.165) is 5.56 Å². The maximum atomic E-state index is 12.2. The highest BCUT2D eigenvalue weighted by atomic mass is 16.6. The second-order valence-electron chi connectivity index (χ2n) is 5.82. The standard InChI is InChI=1S/C18H20N4O4/c1-19-15-9-8-14(10-16(15)22(25)26)17(23)20-11-12-4-6-13(7-5-12)18(24)21(2)3/h4-10,19H,11H2,1-3H3,(H,20,23). The minimum Gasteiger partial charge on any atom is -0.383 e. The number of nitrogens with one attached hydrogen (secondary N) is 2. The lowest BCUT2D eigenvalue weighted by Gasteiger charge is -2.11. The Bertz CT molecular complexity index is 832. The molecule has 8 heteroatoms. The largest absolute Gasteiger partial charge is 0.383 e. The number of nitrogens with zero attached hydrogens (tertiary/aromatic N) is 2. The lowest BCUT2D eigenvalue weighted by Crippen LogP contribution is -2.23. The maximum absolute atomic E-state index is 12.2. The van der Waals surface area contributed by atoms with Crippen LogP contribution in [0, 0.1) is 10.1 Å². The zero-order valence-electron chi connectivity index (χ0n) is 14.8. The smallest absolute Gasteiger partial charge is 0.293 e. The minimum atomic E-state index is -0.539. The van der Waals surface area contributed by atoms with Crippen LogP contribution in [0.25, 0.3) is 0 Å². The summed E-state index contributed by atoms with van der Waals surface area (Å²) in [6.07, 6.45) is 0. The van der Waals surface area contributed by atoms with Gasteiger partial charge in [0.2, 0.25) is 0 Å². The number of rotatable bonds is 6. The quantitative estimate of drug-likeness (QED) is 0.610. The first kappa shape index (κ1) is 18.9. The summed E-state index contributed by atoms with van der Waals surface area (Å²) < 4.78 is 0. The predicted molar refractivity (Wildman–Crippen MR) is 98.3 cm³/mol. The fourth-order valence-electron chi connectivity index (χ4n) is 2.34. The number of nitro groups is 1. The highest BCUT2D eigenvalue weighted by Crippen LogP contribution is 2.25. The molecule has 8 nitrogen and oxygen atoms in total. The Hall–Kier alpha value is -3.42. The second-order valence-corrected chi connectivity index (χ2v) is 5.82. The van der Waals surface area contributed by atoms with Gasteiger partial charge in [-0.05, 0) is 29.8 Å². The molecule has 26 heavy (non-hydrogen) atoms. The molecule has 0 atom stereocenters. The van der Waals surface area contributed by atoms with Crippen molar-refractivity contribution in [2.75, 3.05) is 26.5 Å². The Morgan fingerprint density at radius 3 is 2.23 bits per heavy atom. The van der Waals surface area contributed by atoms with Crippen LogP contribution < -0.4 is 10.6 Å². The highest BCUT2D eigenvalue weighted by Gasteiger charge is 2.16. The monoisotopic (exact) mass is 356 g/mol.